The van der Waals surface area contributed by atoms with Crippen LogP contribution in [0.25, 0.3) is 11.1 Å². The van der Waals surface area contributed by atoms with E-state index in [4.69, 9.17) is 0 Å². The Morgan fingerprint density at radius 3 is 1.80 bits per heavy atom. The Morgan fingerprint density at radius 1 is 0.600 bits per heavy atom. The molecule has 3 atom stereocenters. The first kappa shape index (κ1) is 11.2. The van der Waals surface area contributed by atoms with Crippen molar-refractivity contribution in [2.45, 2.75) is 0 Å². The van der Waals surface area contributed by atoms with E-state index in [0.29, 0.717) is 0 Å². The smallest absolute Gasteiger partial charge is 0.0177 e. The summed E-state index contributed by atoms with van der Waals surface area (Å²) in [4.78, 5) is 0. The van der Waals surface area contributed by atoms with Gasteiger partial charge in [0.05, 0.1) is 0 Å². The van der Waals surface area contributed by atoms with E-state index in [2.05, 4.69) is 70.2 Å². The number of benzene rings is 2. The molecule has 0 aromatic heterocycles. The van der Waals surface area contributed by atoms with Crippen LogP contribution in [0, 0.1) is 0 Å². The van der Waals surface area contributed by atoms with Crippen LogP contribution >= 0.6 is 27.7 Å². The Bertz CT molecular complexity index is 475. The minimum Gasteiger partial charge on any atom is -0.106 e. The second-order valence-electron chi connectivity index (χ2n) is 3.47. The second-order valence-corrected chi connectivity index (χ2v) is 5.38. The molecule has 0 N–H and O–H groups in total. The van der Waals surface area contributed by atoms with E-state index in [0.717, 1.165) is 0 Å². The predicted molar refractivity (Wildman–Crippen MR) is 79.9 cm³/mol. The van der Waals surface area contributed by atoms with Gasteiger partial charge in [0.1, 0.15) is 0 Å². The molecular weight excluding hydrogens is 237 g/mol. The van der Waals surface area contributed by atoms with E-state index in [1.165, 1.54) is 27.0 Å². The van der Waals surface area contributed by atoms with Crippen LogP contribution in [0.4, 0.5) is 0 Å². The molecule has 15 heavy (non-hydrogen) atoms. The molecule has 3 heteroatoms. The van der Waals surface area contributed by atoms with E-state index in [1.54, 1.807) is 0 Å². The van der Waals surface area contributed by atoms with Crippen molar-refractivity contribution in [2.24, 2.45) is 0 Å². The zero-order valence-corrected chi connectivity index (χ0v) is 11.7. The van der Waals surface area contributed by atoms with Crippen LogP contribution in [0.15, 0.2) is 42.5 Å². The maximum Gasteiger partial charge on any atom is -0.0177 e. The first-order valence-electron chi connectivity index (χ1n) is 4.68. The van der Waals surface area contributed by atoms with Gasteiger partial charge in [-0.2, -0.15) is 0 Å². The lowest BCUT2D eigenvalue weighted by Gasteiger charge is -2.05. The van der Waals surface area contributed by atoms with Crippen molar-refractivity contribution in [1.82, 2.24) is 0 Å². The Morgan fingerprint density at radius 2 is 1.20 bits per heavy atom. The number of rotatable bonds is 1. The monoisotopic (exact) mass is 250 g/mol. The fraction of sp³-hybridized carbons (Fsp3) is 0. The van der Waals surface area contributed by atoms with Crippen LogP contribution in [0.5, 0.6) is 0 Å². The third kappa shape index (κ3) is 2.64. The maximum absolute atomic E-state index is 2.76. The van der Waals surface area contributed by atoms with E-state index >= 15 is 0 Å². The molecule has 0 bridgehead atoms. The number of hydrogen-bond acceptors (Lipinski definition) is 0. The minimum absolute atomic E-state index is 1.22. The summed E-state index contributed by atoms with van der Waals surface area (Å²) in [7, 11) is 8.18. The first-order valence-corrected chi connectivity index (χ1v) is 6.41. The molecular formula is C12H13P3. The summed E-state index contributed by atoms with van der Waals surface area (Å²) in [5, 5.41) is 3.67. The summed E-state index contributed by atoms with van der Waals surface area (Å²) in [5.41, 5.74) is 2.52. The summed E-state index contributed by atoms with van der Waals surface area (Å²) < 4.78 is 0. The molecule has 0 amide bonds. The van der Waals surface area contributed by atoms with Gasteiger partial charge in [0.25, 0.3) is 0 Å². The molecule has 2 aromatic carbocycles. The summed E-state index contributed by atoms with van der Waals surface area (Å²) in [6, 6.07) is 15.0. The molecule has 0 spiro atoms. The highest BCUT2D eigenvalue weighted by atomic mass is 31.0. The lowest BCUT2D eigenvalue weighted by Crippen LogP contribution is -2.10. The van der Waals surface area contributed by atoms with E-state index in [9.17, 15) is 0 Å². The van der Waals surface area contributed by atoms with Gasteiger partial charge in [-0.15, -0.1) is 27.7 Å². The molecule has 2 aromatic rings. The lowest BCUT2D eigenvalue weighted by atomic mass is 10.1. The van der Waals surface area contributed by atoms with Gasteiger partial charge in [-0.25, -0.2) is 0 Å². The van der Waals surface area contributed by atoms with Crippen LogP contribution < -0.4 is 15.9 Å². The maximum atomic E-state index is 2.76. The molecule has 0 aliphatic rings. The fourth-order valence-electron chi connectivity index (χ4n) is 1.43. The first-order chi connectivity index (χ1) is 7.16. The molecule has 0 heterocycles. The largest absolute Gasteiger partial charge is 0.106 e. The third-order valence-corrected chi connectivity index (χ3v) is 4.07. The van der Waals surface area contributed by atoms with E-state index in [1.807, 2.05) is 0 Å². The van der Waals surface area contributed by atoms with Gasteiger partial charge >= 0.3 is 0 Å². The molecule has 0 radical (unpaired) electrons. The molecule has 76 valence electrons. The molecule has 0 saturated carbocycles. The summed E-state index contributed by atoms with van der Waals surface area (Å²) in [6.45, 7) is 0. The zero-order valence-electron chi connectivity index (χ0n) is 8.27. The highest BCUT2D eigenvalue weighted by Crippen LogP contribution is 2.17. The second kappa shape index (κ2) is 4.71. The third-order valence-electron chi connectivity index (χ3n) is 2.33. The number of hydrogen-bond donors (Lipinski definition) is 0. The van der Waals surface area contributed by atoms with Gasteiger partial charge in [0, 0.05) is 0 Å². The Hall–Kier alpha value is -0.270. The lowest BCUT2D eigenvalue weighted by molar-refractivity contribution is 1.68. The molecule has 0 aliphatic heterocycles. The zero-order chi connectivity index (χ0) is 10.8. The van der Waals surface area contributed by atoms with Crippen LogP contribution in [-0.2, 0) is 0 Å². The van der Waals surface area contributed by atoms with Crippen molar-refractivity contribution < 1.29 is 0 Å². The van der Waals surface area contributed by atoms with Crippen molar-refractivity contribution >= 4 is 43.6 Å². The van der Waals surface area contributed by atoms with Crippen LogP contribution in [0.3, 0.4) is 0 Å². The quantitative estimate of drug-likeness (QED) is 0.678. The SMILES string of the molecule is Pc1ccc(-c2ccc(P)c(P)c2)cc1. The van der Waals surface area contributed by atoms with Gasteiger partial charge in [-0.05, 0) is 33.1 Å². The Kier molecular flexibility index (Phi) is 3.53. The average molecular weight is 250 g/mol. The van der Waals surface area contributed by atoms with Crippen molar-refractivity contribution in [1.29, 1.82) is 0 Å². The summed E-state index contributed by atoms with van der Waals surface area (Å²) in [6.07, 6.45) is 0. The Balaban J connectivity index is 2.45. The standard InChI is InChI=1S/C12H13P3/c13-10-4-1-8(2-5-10)9-3-6-11(14)12(15)7-9/h1-7H,13-15H2. The van der Waals surface area contributed by atoms with Gasteiger partial charge < -0.3 is 0 Å². The van der Waals surface area contributed by atoms with Crippen molar-refractivity contribution in [2.75, 3.05) is 0 Å². The summed E-state index contributed by atoms with van der Waals surface area (Å²) in [5.74, 6) is 0. The summed E-state index contributed by atoms with van der Waals surface area (Å²) >= 11 is 0. The topological polar surface area (TPSA) is 0 Å². The highest BCUT2D eigenvalue weighted by Gasteiger charge is 1.99. The normalized spacial score (nSPS) is 10.3. The van der Waals surface area contributed by atoms with Gasteiger partial charge in [-0.1, -0.05) is 36.4 Å². The van der Waals surface area contributed by atoms with Gasteiger partial charge in [-0.3, -0.25) is 0 Å². The van der Waals surface area contributed by atoms with Gasteiger partial charge in [0.2, 0.25) is 0 Å². The molecule has 2 rings (SSSR count). The average Bonchev–Trinajstić information content (AvgIpc) is 2.23. The molecule has 3 unspecified atom stereocenters. The molecule has 0 fully saturated rings. The van der Waals surface area contributed by atoms with Crippen molar-refractivity contribution in [3.05, 3.63) is 42.5 Å². The van der Waals surface area contributed by atoms with Gasteiger partial charge in [0.15, 0.2) is 0 Å². The molecule has 0 nitrogen and oxygen atoms in total. The fourth-order valence-corrected chi connectivity index (χ4v) is 2.08. The van der Waals surface area contributed by atoms with Crippen molar-refractivity contribution in [3.8, 4) is 11.1 Å². The predicted octanol–water partition coefficient (Wildman–Crippen LogP) is 1.85. The molecule has 0 saturated heterocycles. The van der Waals surface area contributed by atoms with Crippen molar-refractivity contribution in [3.63, 3.8) is 0 Å². The molecule has 0 aliphatic carbocycles. The van der Waals surface area contributed by atoms with Crippen LogP contribution in [0.2, 0.25) is 0 Å². The van der Waals surface area contributed by atoms with E-state index in [-0.39, 0.29) is 0 Å². The van der Waals surface area contributed by atoms with Crippen LogP contribution in [-0.4, -0.2) is 0 Å². The Labute approximate surface area is 97.5 Å². The van der Waals surface area contributed by atoms with Crippen LogP contribution in [0.1, 0.15) is 0 Å². The highest BCUT2D eigenvalue weighted by molar-refractivity contribution is 7.35. The minimum atomic E-state index is 1.22. The van der Waals surface area contributed by atoms with E-state index < -0.39 is 0 Å².